The van der Waals surface area contributed by atoms with E-state index in [-0.39, 0.29) is 29.8 Å². The van der Waals surface area contributed by atoms with Crippen molar-refractivity contribution in [2.24, 2.45) is 17.8 Å². The van der Waals surface area contributed by atoms with Crippen molar-refractivity contribution in [1.29, 1.82) is 0 Å². The molecule has 0 aromatic rings. The summed E-state index contributed by atoms with van der Waals surface area (Å²) in [4.78, 5) is 12.1. The first kappa shape index (κ1) is 13.1. The first-order chi connectivity index (χ1) is 9.15. The molecule has 2 fully saturated rings. The van der Waals surface area contributed by atoms with Crippen molar-refractivity contribution in [2.75, 3.05) is 0 Å². The highest BCUT2D eigenvalue weighted by Gasteiger charge is 2.48. The summed E-state index contributed by atoms with van der Waals surface area (Å²) in [7, 11) is 0. The predicted octanol–water partition coefficient (Wildman–Crippen LogP) is 2.02. The van der Waals surface area contributed by atoms with Crippen LogP contribution in [0.1, 0.15) is 39.0 Å². The van der Waals surface area contributed by atoms with Gasteiger partial charge >= 0.3 is 5.97 Å². The van der Waals surface area contributed by atoms with Crippen LogP contribution in [0.15, 0.2) is 12.2 Å². The summed E-state index contributed by atoms with van der Waals surface area (Å²) in [5.41, 5.74) is 0. The molecule has 0 saturated heterocycles. The molecule has 0 aromatic carbocycles. The van der Waals surface area contributed by atoms with Crippen LogP contribution in [0.2, 0.25) is 0 Å². The molecular formula is C15H22O4. The maximum atomic E-state index is 12.1. The average molecular weight is 266 g/mol. The molecule has 0 heterocycles. The van der Waals surface area contributed by atoms with E-state index in [0.29, 0.717) is 6.42 Å². The van der Waals surface area contributed by atoms with Gasteiger partial charge in [0, 0.05) is 11.8 Å². The lowest BCUT2D eigenvalue weighted by atomic mass is 9.94. The fourth-order valence-corrected chi connectivity index (χ4v) is 3.65. The SMILES string of the molecule is CC(OC(=O)C1CC2C=CC1C2O)OC1CCCC1. The third kappa shape index (κ3) is 2.56. The van der Waals surface area contributed by atoms with Crippen LogP contribution in [0.25, 0.3) is 0 Å². The van der Waals surface area contributed by atoms with Crippen molar-refractivity contribution in [3.05, 3.63) is 12.2 Å². The van der Waals surface area contributed by atoms with Gasteiger partial charge in [0.2, 0.25) is 0 Å². The molecule has 1 N–H and O–H groups in total. The molecule has 0 aliphatic heterocycles. The monoisotopic (exact) mass is 266 g/mol. The van der Waals surface area contributed by atoms with Crippen LogP contribution in [0.5, 0.6) is 0 Å². The van der Waals surface area contributed by atoms with E-state index in [2.05, 4.69) is 0 Å². The Kier molecular flexibility index (Phi) is 3.63. The molecule has 3 aliphatic rings. The smallest absolute Gasteiger partial charge is 0.311 e. The van der Waals surface area contributed by atoms with Crippen molar-refractivity contribution in [3.8, 4) is 0 Å². The lowest BCUT2D eigenvalue weighted by Crippen LogP contribution is -2.30. The summed E-state index contributed by atoms with van der Waals surface area (Å²) in [6.07, 6.45) is 8.58. The van der Waals surface area contributed by atoms with Crippen molar-refractivity contribution < 1.29 is 19.4 Å². The molecule has 19 heavy (non-hydrogen) atoms. The van der Waals surface area contributed by atoms with Crippen LogP contribution >= 0.6 is 0 Å². The molecular weight excluding hydrogens is 244 g/mol. The van der Waals surface area contributed by atoms with E-state index in [9.17, 15) is 9.90 Å². The Morgan fingerprint density at radius 3 is 2.63 bits per heavy atom. The highest BCUT2D eigenvalue weighted by molar-refractivity contribution is 5.74. The van der Waals surface area contributed by atoms with Crippen molar-refractivity contribution in [2.45, 2.75) is 57.5 Å². The first-order valence-corrected chi connectivity index (χ1v) is 7.37. The van der Waals surface area contributed by atoms with Gasteiger partial charge in [-0.2, -0.15) is 0 Å². The highest BCUT2D eigenvalue weighted by Crippen LogP contribution is 2.44. The molecule has 0 amide bonds. The number of ether oxygens (including phenoxy) is 2. The number of hydrogen-bond donors (Lipinski definition) is 1. The van der Waals surface area contributed by atoms with Gasteiger partial charge < -0.3 is 14.6 Å². The van der Waals surface area contributed by atoms with E-state index in [0.717, 1.165) is 12.8 Å². The fourth-order valence-electron chi connectivity index (χ4n) is 3.65. The van der Waals surface area contributed by atoms with E-state index in [1.165, 1.54) is 12.8 Å². The van der Waals surface area contributed by atoms with Gasteiger partial charge in [-0.25, -0.2) is 0 Å². The zero-order valence-electron chi connectivity index (χ0n) is 11.3. The second-order valence-electron chi connectivity index (χ2n) is 6.01. The normalized spacial score (nSPS) is 38.8. The zero-order chi connectivity index (χ0) is 13.4. The van der Waals surface area contributed by atoms with Gasteiger partial charge in [0.25, 0.3) is 0 Å². The largest absolute Gasteiger partial charge is 0.436 e. The minimum absolute atomic E-state index is 0.0591. The number of hydrogen-bond acceptors (Lipinski definition) is 4. The third-order valence-electron chi connectivity index (χ3n) is 4.68. The number of aliphatic hydroxyl groups is 1. The summed E-state index contributed by atoms with van der Waals surface area (Å²) in [5.74, 6) is -0.342. The van der Waals surface area contributed by atoms with Crippen LogP contribution < -0.4 is 0 Å². The molecule has 3 rings (SSSR count). The van der Waals surface area contributed by atoms with Crippen molar-refractivity contribution in [1.82, 2.24) is 0 Å². The zero-order valence-corrected chi connectivity index (χ0v) is 11.3. The van der Waals surface area contributed by atoms with E-state index in [1.807, 2.05) is 12.2 Å². The molecule has 0 aromatic heterocycles. The predicted molar refractivity (Wildman–Crippen MR) is 69.1 cm³/mol. The van der Waals surface area contributed by atoms with E-state index in [4.69, 9.17) is 9.47 Å². The maximum absolute atomic E-state index is 12.1. The summed E-state index contributed by atoms with van der Waals surface area (Å²) >= 11 is 0. The molecule has 0 spiro atoms. The molecule has 4 nitrogen and oxygen atoms in total. The number of rotatable bonds is 4. The Morgan fingerprint density at radius 2 is 2.05 bits per heavy atom. The van der Waals surface area contributed by atoms with Gasteiger partial charge in [0.15, 0.2) is 6.29 Å². The van der Waals surface area contributed by atoms with Gasteiger partial charge in [0.05, 0.1) is 18.1 Å². The number of aliphatic hydroxyl groups excluding tert-OH is 1. The summed E-state index contributed by atoms with van der Waals surface area (Å²) in [6.45, 7) is 1.79. The molecule has 5 unspecified atom stereocenters. The molecule has 4 heteroatoms. The summed E-state index contributed by atoms with van der Waals surface area (Å²) < 4.78 is 11.1. The van der Waals surface area contributed by atoms with Crippen LogP contribution in [-0.4, -0.2) is 29.6 Å². The van der Waals surface area contributed by atoms with E-state index in [1.54, 1.807) is 6.92 Å². The topological polar surface area (TPSA) is 55.8 Å². The highest BCUT2D eigenvalue weighted by atomic mass is 16.7. The van der Waals surface area contributed by atoms with Gasteiger partial charge in [-0.3, -0.25) is 4.79 Å². The molecule has 3 aliphatic carbocycles. The Bertz CT molecular complexity index is 372. The summed E-state index contributed by atoms with van der Waals surface area (Å²) in [6, 6.07) is 0. The Balaban J connectivity index is 1.50. The van der Waals surface area contributed by atoms with Gasteiger partial charge in [-0.05, 0) is 26.2 Å². The summed E-state index contributed by atoms with van der Waals surface area (Å²) in [5, 5.41) is 9.91. The lowest BCUT2D eigenvalue weighted by Gasteiger charge is -2.22. The standard InChI is InChI=1S/C15H22O4/c1-9(18-11-4-2-3-5-11)19-15(17)13-8-10-6-7-12(13)14(10)16/h6-7,9-14,16H,2-5,8H2,1H3. The van der Waals surface area contributed by atoms with Crippen LogP contribution in [0.3, 0.4) is 0 Å². The van der Waals surface area contributed by atoms with Crippen molar-refractivity contribution in [3.63, 3.8) is 0 Å². The number of carbonyl (C=O) groups excluding carboxylic acids is 1. The lowest BCUT2D eigenvalue weighted by molar-refractivity contribution is -0.189. The Hall–Kier alpha value is -0.870. The number of fused-ring (bicyclic) bond motifs is 2. The molecule has 5 atom stereocenters. The minimum Gasteiger partial charge on any atom is -0.436 e. The Morgan fingerprint density at radius 1 is 1.32 bits per heavy atom. The maximum Gasteiger partial charge on any atom is 0.311 e. The second kappa shape index (κ2) is 5.25. The minimum atomic E-state index is -0.476. The quantitative estimate of drug-likeness (QED) is 0.480. The molecule has 106 valence electrons. The average Bonchev–Trinajstić information content (AvgIpc) is 3.07. The molecule has 2 saturated carbocycles. The van der Waals surface area contributed by atoms with Crippen LogP contribution in [0, 0.1) is 17.8 Å². The molecule has 2 bridgehead atoms. The van der Waals surface area contributed by atoms with Gasteiger partial charge in [-0.15, -0.1) is 0 Å². The number of carbonyl (C=O) groups is 1. The van der Waals surface area contributed by atoms with Gasteiger partial charge in [0.1, 0.15) is 0 Å². The van der Waals surface area contributed by atoms with Crippen LogP contribution in [-0.2, 0) is 14.3 Å². The van der Waals surface area contributed by atoms with E-state index >= 15 is 0 Å². The second-order valence-corrected chi connectivity index (χ2v) is 6.01. The van der Waals surface area contributed by atoms with E-state index < -0.39 is 12.4 Å². The van der Waals surface area contributed by atoms with Gasteiger partial charge in [-0.1, -0.05) is 25.0 Å². The fraction of sp³-hybridized carbons (Fsp3) is 0.800. The van der Waals surface area contributed by atoms with Crippen molar-refractivity contribution >= 4 is 5.97 Å². The first-order valence-electron chi connectivity index (χ1n) is 7.37. The Labute approximate surface area is 113 Å². The van der Waals surface area contributed by atoms with Crippen LogP contribution in [0.4, 0.5) is 0 Å². The number of esters is 1. The molecule has 0 radical (unpaired) electrons. The third-order valence-corrected chi connectivity index (χ3v) is 4.68.